The normalized spacial score (nSPS) is 12.6. The summed E-state index contributed by atoms with van der Waals surface area (Å²) in [5.41, 5.74) is 4.22. The van der Waals surface area contributed by atoms with E-state index in [2.05, 4.69) is 15.4 Å². The third kappa shape index (κ3) is 3.75. The van der Waals surface area contributed by atoms with Gasteiger partial charge in [0.05, 0.1) is 0 Å². The van der Waals surface area contributed by atoms with Crippen LogP contribution in [0.5, 0.6) is 0 Å². The molecule has 0 spiro atoms. The van der Waals surface area contributed by atoms with Gasteiger partial charge in [0, 0.05) is 20.0 Å². The molecule has 0 bridgehead atoms. The Labute approximate surface area is 101 Å². The van der Waals surface area contributed by atoms with E-state index in [0.717, 1.165) is 6.07 Å². The smallest absolute Gasteiger partial charge is 0.409 e. The fraction of sp³-hybridized carbons (Fsp3) is 0.444. The third-order valence-corrected chi connectivity index (χ3v) is 2.16. The minimum atomic E-state index is -4.50. The van der Waals surface area contributed by atoms with Crippen LogP contribution in [-0.4, -0.2) is 34.8 Å². The number of hydrogen-bond donors (Lipinski definition) is 2. The van der Waals surface area contributed by atoms with Crippen molar-refractivity contribution < 1.29 is 18.4 Å². The highest BCUT2D eigenvalue weighted by Gasteiger charge is 2.32. The Kier molecular flexibility index (Phi) is 4.29. The molecule has 0 radical (unpaired) electrons. The molecular formula is C9H12F3N5O. The lowest BCUT2D eigenvalue weighted by Crippen LogP contribution is -2.25. The average molecular weight is 263 g/mol. The van der Waals surface area contributed by atoms with Gasteiger partial charge >= 0.3 is 6.18 Å². The van der Waals surface area contributed by atoms with Gasteiger partial charge in [-0.3, -0.25) is 0 Å². The number of amidine groups is 1. The average Bonchev–Trinajstić information content (AvgIpc) is 2.34. The number of oxime groups is 1. The van der Waals surface area contributed by atoms with Gasteiger partial charge < -0.3 is 15.8 Å². The number of nitrogens with zero attached hydrogens (tertiary/aromatic N) is 4. The highest BCUT2D eigenvalue weighted by Crippen LogP contribution is 2.27. The van der Waals surface area contributed by atoms with Crippen molar-refractivity contribution in [1.82, 2.24) is 10.2 Å². The van der Waals surface area contributed by atoms with Crippen molar-refractivity contribution in [3.63, 3.8) is 0 Å². The van der Waals surface area contributed by atoms with Crippen LogP contribution in [-0.2, 0) is 6.18 Å². The number of anilines is 1. The minimum Gasteiger partial charge on any atom is -0.409 e. The van der Waals surface area contributed by atoms with E-state index in [-0.39, 0.29) is 18.1 Å². The van der Waals surface area contributed by atoms with Crippen LogP contribution in [0, 0.1) is 0 Å². The van der Waals surface area contributed by atoms with E-state index in [1.165, 1.54) is 6.07 Å². The summed E-state index contributed by atoms with van der Waals surface area (Å²) in [6.45, 7) is 0.343. The minimum absolute atomic E-state index is 0.0294. The quantitative estimate of drug-likeness (QED) is 0.367. The van der Waals surface area contributed by atoms with Crippen molar-refractivity contribution in [2.45, 2.75) is 12.6 Å². The van der Waals surface area contributed by atoms with Gasteiger partial charge in [-0.2, -0.15) is 13.2 Å². The van der Waals surface area contributed by atoms with E-state index in [9.17, 15) is 13.2 Å². The highest BCUT2D eigenvalue weighted by molar-refractivity contribution is 5.80. The molecule has 0 saturated heterocycles. The van der Waals surface area contributed by atoms with Gasteiger partial charge in [0.15, 0.2) is 11.5 Å². The lowest BCUT2D eigenvalue weighted by molar-refractivity contribution is -0.141. The Morgan fingerprint density at radius 2 is 2.11 bits per heavy atom. The summed E-state index contributed by atoms with van der Waals surface area (Å²) >= 11 is 0. The van der Waals surface area contributed by atoms with Crippen LogP contribution in [0.1, 0.15) is 12.1 Å². The molecule has 0 aliphatic rings. The standard InChI is InChI=1S/C9H12F3N5O/c1-17(5-4-7(13)16-18)8-3-2-6(14-15-8)9(10,11)12/h2-3,18H,4-5H2,1H3,(H2,13,16). The van der Waals surface area contributed by atoms with Gasteiger partial charge in [0.25, 0.3) is 0 Å². The topological polar surface area (TPSA) is 87.6 Å². The van der Waals surface area contributed by atoms with Gasteiger partial charge in [-0.25, -0.2) is 0 Å². The number of halogens is 3. The third-order valence-electron chi connectivity index (χ3n) is 2.16. The second kappa shape index (κ2) is 5.52. The molecule has 3 N–H and O–H groups in total. The molecule has 0 aliphatic carbocycles. The molecule has 0 atom stereocenters. The molecule has 9 heteroatoms. The van der Waals surface area contributed by atoms with Gasteiger partial charge in [0.1, 0.15) is 5.84 Å². The van der Waals surface area contributed by atoms with Gasteiger partial charge in [0.2, 0.25) is 0 Å². The lowest BCUT2D eigenvalue weighted by atomic mass is 10.3. The van der Waals surface area contributed by atoms with Crippen LogP contribution in [0.4, 0.5) is 19.0 Å². The Bertz CT molecular complexity index is 417. The van der Waals surface area contributed by atoms with Crippen LogP contribution < -0.4 is 10.6 Å². The number of nitrogens with two attached hydrogens (primary N) is 1. The summed E-state index contributed by atoms with van der Waals surface area (Å²) in [6.07, 6.45) is -4.24. The summed E-state index contributed by atoms with van der Waals surface area (Å²) in [5.74, 6) is 0.301. The Hall–Kier alpha value is -2.06. The van der Waals surface area contributed by atoms with Crippen LogP contribution in [0.3, 0.4) is 0 Å². The van der Waals surface area contributed by atoms with Gasteiger partial charge in [-0.1, -0.05) is 5.16 Å². The first-order chi connectivity index (χ1) is 8.34. The molecule has 1 aromatic heterocycles. The van der Waals surface area contributed by atoms with Crippen LogP contribution in [0.15, 0.2) is 17.3 Å². The molecule has 0 aromatic carbocycles. The zero-order chi connectivity index (χ0) is 13.8. The first-order valence-electron chi connectivity index (χ1n) is 4.93. The fourth-order valence-electron chi connectivity index (χ4n) is 1.13. The first-order valence-corrected chi connectivity index (χ1v) is 4.93. The monoisotopic (exact) mass is 263 g/mol. The van der Waals surface area contributed by atoms with E-state index < -0.39 is 11.9 Å². The van der Waals surface area contributed by atoms with Crippen molar-refractivity contribution in [2.75, 3.05) is 18.5 Å². The fourth-order valence-corrected chi connectivity index (χ4v) is 1.13. The second-order valence-corrected chi connectivity index (χ2v) is 3.54. The Balaban J connectivity index is 2.68. The molecule has 0 aliphatic heterocycles. The molecular weight excluding hydrogens is 251 g/mol. The summed E-state index contributed by atoms with van der Waals surface area (Å²) in [6, 6.07) is 2.06. The molecule has 100 valence electrons. The molecule has 0 unspecified atom stereocenters. The van der Waals surface area contributed by atoms with Crippen molar-refractivity contribution in [1.29, 1.82) is 0 Å². The summed E-state index contributed by atoms with van der Waals surface area (Å²) < 4.78 is 36.7. The molecule has 0 fully saturated rings. The summed E-state index contributed by atoms with van der Waals surface area (Å²) in [4.78, 5) is 1.55. The number of hydrogen-bond acceptors (Lipinski definition) is 5. The predicted molar refractivity (Wildman–Crippen MR) is 58.3 cm³/mol. The van der Waals surface area contributed by atoms with Crippen LogP contribution in [0.2, 0.25) is 0 Å². The molecule has 0 amide bonds. The van der Waals surface area contributed by atoms with E-state index in [0.29, 0.717) is 6.54 Å². The molecule has 1 heterocycles. The maximum Gasteiger partial charge on any atom is 0.435 e. The Morgan fingerprint density at radius 1 is 1.44 bits per heavy atom. The van der Waals surface area contributed by atoms with Crippen molar-refractivity contribution in [2.24, 2.45) is 10.9 Å². The van der Waals surface area contributed by atoms with Crippen molar-refractivity contribution >= 4 is 11.7 Å². The van der Waals surface area contributed by atoms with Crippen LogP contribution >= 0.6 is 0 Å². The van der Waals surface area contributed by atoms with Gasteiger partial charge in [-0.15, -0.1) is 10.2 Å². The van der Waals surface area contributed by atoms with E-state index in [4.69, 9.17) is 10.9 Å². The Morgan fingerprint density at radius 3 is 2.56 bits per heavy atom. The molecule has 1 rings (SSSR count). The van der Waals surface area contributed by atoms with Gasteiger partial charge in [-0.05, 0) is 12.1 Å². The SMILES string of the molecule is CN(CC/C(N)=N/O)c1ccc(C(F)(F)F)nn1. The largest absolute Gasteiger partial charge is 0.435 e. The first kappa shape index (κ1) is 14.0. The maximum absolute atomic E-state index is 12.2. The molecule has 0 saturated carbocycles. The number of alkyl halides is 3. The van der Waals surface area contributed by atoms with Crippen molar-refractivity contribution in [3.05, 3.63) is 17.8 Å². The highest BCUT2D eigenvalue weighted by atomic mass is 19.4. The van der Waals surface area contributed by atoms with E-state index in [1.54, 1.807) is 11.9 Å². The predicted octanol–water partition coefficient (Wildman–Crippen LogP) is 1.07. The zero-order valence-electron chi connectivity index (χ0n) is 9.52. The van der Waals surface area contributed by atoms with Crippen molar-refractivity contribution in [3.8, 4) is 0 Å². The van der Waals surface area contributed by atoms with Crippen LogP contribution in [0.25, 0.3) is 0 Å². The lowest BCUT2D eigenvalue weighted by Gasteiger charge is -2.17. The van der Waals surface area contributed by atoms with E-state index >= 15 is 0 Å². The summed E-state index contributed by atoms with van der Waals surface area (Å²) in [7, 11) is 1.61. The zero-order valence-corrected chi connectivity index (χ0v) is 9.52. The number of rotatable bonds is 4. The second-order valence-electron chi connectivity index (χ2n) is 3.54. The molecule has 6 nitrogen and oxygen atoms in total. The summed E-state index contributed by atoms with van der Waals surface area (Å²) in [5, 5.41) is 17.7. The molecule has 18 heavy (non-hydrogen) atoms. The van der Waals surface area contributed by atoms with E-state index in [1.807, 2.05) is 0 Å². The molecule has 1 aromatic rings. The number of aromatic nitrogens is 2. The maximum atomic E-state index is 12.2.